The van der Waals surface area contributed by atoms with E-state index in [-0.39, 0.29) is 36.3 Å². The fourth-order valence-corrected chi connectivity index (χ4v) is 7.55. The zero-order chi connectivity index (χ0) is 36.9. The van der Waals surface area contributed by atoms with Gasteiger partial charge in [-0.05, 0) is 68.6 Å². The van der Waals surface area contributed by atoms with Crippen molar-refractivity contribution in [2.45, 2.75) is 43.7 Å². The van der Waals surface area contributed by atoms with Crippen LogP contribution < -0.4 is 5.32 Å². The summed E-state index contributed by atoms with van der Waals surface area (Å²) in [5.41, 5.74) is 8.34. The van der Waals surface area contributed by atoms with Gasteiger partial charge in [0.05, 0.1) is 41.7 Å². The molecule has 0 bridgehead atoms. The first-order valence-corrected chi connectivity index (χ1v) is 18.7. The lowest BCUT2D eigenvalue weighted by molar-refractivity contribution is -0.268. The Kier molecular flexibility index (Phi) is 10.5. The molecule has 0 saturated carbocycles. The molecule has 270 valence electrons. The summed E-state index contributed by atoms with van der Waals surface area (Å²) in [5, 5.41) is 25.7. The zero-order valence-corrected chi connectivity index (χ0v) is 30.2. The number of amides is 1. The van der Waals surface area contributed by atoms with E-state index in [4.69, 9.17) is 9.47 Å². The molecule has 0 radical (unpaired) electrons. The molecule has 1 amide bonds. The molecule has 12 heteroatoms. The highest BCUT2D eigenvalue weighted by atomic mass is 32.2. The number of fused-ring (bicyclic) bond motifs is 1. The van der Waals surface area contributed by atoms with Gasteiger partial charge in [-0.2, -0.15) is 4.68 Å². The summed E-state index contributed by atoms with van der Waals surface area (Å²) in [6.45, 7) is 2.46. The van der Waals surface area contributed by atoms with E-state index >= 15 is 0 Å². The lowest BCUT2D eigenvalue weighted by Crippen LogP contribution is -2.38. The molecular weight excluding hydrogens is 699 g/mol. The van der Waals surface area contributed by atoms with Gasteiger partial charge in [-0.15, -0.1) is 5.10 Å². The predicted octanol–water partition coefficient (Wildman–Crippen LogP) is 7.28. The Morgan fingerprint density at radius 3 is 2.37 bits per heavy atom. The van der Waals surface area contributed by atoms with Crippen molar-refractivity contribution in [2.75, 3.05) is 5.75 Å². The summed E-state index contributed by atoms with van der Waals surface area (Å²) in [6.07, 6.45) is 0.444. The highest BCUT2D eigenvalue weighted by molar-refractivity contribution is 7.99. The Labute approximate surface area is 316 Å². The predicted molar refractivity (Wildman–Crippen MR) is 205 cm³/mol. The molecule has 5 aromatic carbocycles. The van der Waals surface area contributed by atoms with Crippen LogP contribution in [0.2, 0.25) is 0 Å². The van der Waals surface area contributed by atoms with Gasteiger partial charge in [0, 0.05) is 23.8 Å². The first kappa shape index (κ1) is 35.3. The third-order valence-corrected chi connectivity index (χ3v) is 10.5. The molecule has 7 aromatic rings. The Morgan fingerprint density at radius 1 is 0.815 bits per heavy atom. The van der Waals surface area contributed by atoms with Crippen molar-refractivity contribution in [3.05, 3.63) is 162 Å². The first-order chi connectivity index (χ1) is 26.5. The SMILES string of the molecule is C[C@@H]1[C@H](CSc2nnnn2-c2ccccc2)O[C@H](c2ccc(-c3cccc(CNC(=O)c4cnc5ccccc5n4)c3)cc2)O[C@@H]1c1ccc(CO)cc1. The van der Waals surface area contributed by atoms with E-state index in [0.29, 0.717) is 23.0 Å². The smallest absolute Gasteiger partial charge is 0.271 e. The third kappa shape index (κ3) is 7.78. The van der Waals surface area contributed by atoms with E-state index < -0.39 is 6.29 Å². The molecule has 1 fully saturated rings. The van der Waals surface area contributed by atoms with E-state index in [1.54, 1.807) is 16.4 Å². The number of hydrogen-bond donors (Lipinski definition) is 2. The van der Waals surface area contributed by atoms with Crippen molar-refractivity contribution in [3.8, 4) is 16.8 Å². The molecule has 0 aliphatic carbocycles. The Morgan fingerprint density at radius 2 is 1.57 bits per heavy atom. The van der Waals surface area contributed by atoms with Gasteiger partial charge in [0.1, 0.15) is 5.69 Å². The van der Waals surface area contributed by atoms with E-state index in [1.165, 1.54) is 6.20 Å². The number of rotatable bonds is 11. The zero-order valence-electron chi connectivity index (χ0n) is 29.4. The maximum Gasteiger partial charge on any atom is 0.271 e. The van der Waals surface area contributed by atoms with E-state index in [1.807, 2.05) is 109 Å². The van der Waals surface area contributed by atoms with Crippen molar-refractivity contribution in [1.29, 1.82) is 0 Å². The van der Waals surface area contributed by atoms with Gasteiger partial charge in [-0.3, -0.25) is 9.78 Å². The van der Waals surface area contributed by atoms with Crippen molar-refractivity contribution < 1.29 is 19.4 Å². The Hall–Kier alpha value is -5.79. The van der Waals surface area contributed by atoms with Gasteiger partial charge >= 0.3 is 0 Å². The van der Waals surface area contributed by atoms with Crippen molar-refractivity contribution >= 4 is 28.7 Å². The largest absolute Gasteiger partial charge is 0.392 e. The molecule has 8 rings (SSSR count). The number of tetrazole rings is 1. The lowest BCUT2D eigenvalue weighted by Gasteiger charge is -2.41. The summed E-state index contributed by atoms with van der Waals surface area (Å²) >= 11 is 1.55. The number of thioether (sulfide) groups is 1. The van der Waals surface area contributed by atoms with Gasteiger partial charge in [-0.25, -0.2) is 4.98 Å². The Bertz CT molecular complexity index is 2360. The number of aliphatic hydroxyl groups is 1. The number of nitrogens with one attached hydrogen (secondary N) is 1. The number of nitrogens with zero attached hydrogens (tertiary/aromatic N) is 6. The lowest BCUT2D eigenvalue weighted by atomic mass is 9.91. The minimum atomic E-state index is -0.617. The highest BCUT2D eigenvalue weighted by Crippen LogP contribution is 2.43. The molecule has 2 N–H and O–H groups in total. The minimum absolute atomic E-state index is 0.00515. The van der Waals surface area contributed by atoms with Crippen LogP contribution in [0.5, 0.6) is 0 Å². The standard InChI is InChI=1S/C42H37N7O4S/c1-27-38(26-54-42-46-47-48-49(42)34-10-3-2-4-11-34)52-41(53-39(27)31-16-14-28(25-50)15-17-31)32-20-18-30(19-21-32)33-9-7-8-29(22-33)23-44-40(51)37-24-43-35-12-5-6-13-36(35)45-37/h2-22,24,27,38-39,41,50H,23,25-26H2,1H3,(H,44,51)/t27-,38+,39+,41+/m1/s1. The molecule has 1 aliphatic heterocycles. The van der Waals surface area contributed by atoms with Crippen LogP contribution in [0.25, 0.3) is 27.8 Å². The quantitative estimate of drug-likeness (QED) is 0.131. The van der Waals surface area contributed by atoms with Crippen LogP contribution in [0.4, 0.5) is 0 Å². The number of hydrogen-bond acceptors (Lipinski definition) is 10. The molecular formula is C42H37N7O4S. The second-order valence-corrected chi connectivity index (χ2v) is 14.1. The molecule has 3 heterocycles. The average molecular weight is 736 g/mol. The summed E-state index contributed by atoms with van der Waals surface area (Å²) in [5.74, 6) is 0.332. The average Bonchev–Trinajstić information content (AvgIpc) is 3.71. The normalized spacial score (nSPS) is 18.4. The van der Waals surface area contributed by atoms with Crippen LogP contribution in [0.3, 0.4) is 0 Å². The Balaban J connectivity index is 0.978. The van der Waals surface area contributed by atoms with Crippen LogP contribution >= 0.6 is 11.8 Å². The van der Waals surface area contributed by atoms with E-state index in [0.717, 1.165) is 44.6 Å². The van der Waals surface area contributed by atoms with E-state index in [9.17, 15) is 9.90 Å². The fraction of sp³-hybridized carbons (Fsp3) is 0.190. The number of carbonyl (C=O) groups excluding carboxylic acids is 1. The van der Waals surface area contributed by atoms with Crippen molar-refractivity contribution in [2.24, 2.45) is 5.92 Å². The molecule has 2 aromatic heterocycles. The van der Waals surface area contributed by atoms with Crippen LogP contribution in [0, 0.1) is 5.92 Å². The summed E-state index contributed by atoms with van der Waals surface area (Å²) < 4.78 is 15.1. The number of aromatic nitrogens is 6. The molecule has 1 aliphatic rings. The van der Waals surface area contributed by atoms with Gasteiger partial charge < -0.3 is 19.9 Å². The van der Waals surface area contributed by atoms with Crippen LogP contribution in [0.1, 0.15) is 52.1 Å². The van der Waals surface area contributed by atoms with Crippen molar-refractivity contribution in [1.82, 2.24) is 35.5 Å². The van der Waals surface area contributed by atoms with Crippen LogP contribution in [0.15, 0.2) is 139 Å². The maximum atomic E-state index is 12.9. The number of para-hydroxylation sites is 3. The topological polar surface area (TPSA) is 137 Å². The van der Waals surface area contributed by atoms with Gasteiger partial charge in [0.2, 0.25) is 5.16 Å². The second kappa shape index (κ2) is 16.1. The summed E-state index contributed by atoms with van der Waals surface area (Å²) in [7, 11) is 0. The molecule has 0 unspecified atom stereocenters. The number of ether oxygens (including phenoxy) is 2. The number of carbonyl (C=O) groups is 1. The summed E-state index contributed by atoms with van der Waals surface area (Å²) in [6, 6.07) is 41.5. The molecule has 4 atom stereocenters. The van der Waals surface area contributed by atoms with Gasteiger partial charge in [0.15, 0.2) is 6.29 Å². The molecule has 11 nitrogen and oxygen atoms in total. The number of aliphatic hydroxyl groups excluding tert-OH is 1. The monoisotopic (exact) mass is 735 g/mol. The molecule has 0 spiro atoms. The minimum Gasteiger partial charge on any atom is -0.392 e. The molecule has 54 heavy (non-hydrogen) atoms. The summed E-state index contributed by atoms with van der Waals surface area (Å²) in [4.78, 5) is 21.7. The van der Waals surface area contributed by atoms with E-state index in [2.05, 4.69) is 55.9 Å². The van der Waals surface area contributed by atoms with Gasteiger partial charge in [0.25, 0.3) is 5.91 Å². The first-order valence-electron chi connectivity index (χ1n) is 17.7. The number of benzene rings is 5. The van der Waals surface area contributed by atoms with Crippen LogP contribution in [-0.4, -0.2) is 53.0 Å². The highest BCUT2D eigenvalue weighted by Gasteiger charge is 2.38. The maximum absolute atomic E-state index is 12.9. The van der Waals surface area contributed by atoms with Crippen LogP contribution in [-0.2, 0) is 22.6 Å². The van der Waals surface area contributed by atoms with Crippen molar-refractivity contribution in [3.63, 3.8) is 0 Å². The third-order valence-electron chi connectivity index (χ3n) is 9.52. The fourth-order valence-electron chi connectivity index (χ4n) is 6.50. The second-order valence-electron chi connectivity index (χ2n) is 13.1. The van der Waals surface area contributed by atoms with Gasteiger partial charge in [-0.1, -0.05) is 116 Å². The molecule has 1 saturated heterocycles.